The molecular weight excluding hydrogens is 1210 g/mol. The van der Waals surface area contributed by atoms with E-state index in [9.17, 15) is 61.0 Å². The standard InChI is InChI=1S/C76H139NO18/c1-3-5-7-9-11-13-14-15-16-17-18-19-20-21-22-23-24-25-26-27-28-29-30-31-32-33-34-35-36-37-38-39-40-41-42-43-44-46-48-50-52-54-64(82)77-59(60(81)53-51-49-47-45-12-10-8-6-4-2)58-90-74-70(88)67(85)72(62(56-79)92-74)95-76-71(89)68(86)73(63(57-80)93-76)94-75-69(87)66(84)65(83)61(55-78)91-75/h4,6,12,17-18,45,51,53,59-63,65-76,78-81,83-89H,3,5,7-11,13-16,19-44,46-50,52,54-58H2,1-2H3,(H,77,82)/b6-4+,18-17-,45-12+,53-51+. The summed E-state index contributed by atoms with van der Waals surface area (Å²) in [6.07, 6.45) is 44.9. The van der Waals surface area contributed by atoms with Crippen molar-refractivity contribution in [3.63, 3.8) is 0 Å². The Labute approximate surface area is 573 Å². The highest BCUT2D eigenvalue weighted by Crippen LogP contribution is 2.33. The molecule has 0 saturated carbocycles. The second kappa shape index (κ2) is 57.4. The Balaban J connectivity index is 1.23. The zero-order valence-electron chi connectivity index (χ0n) is 59.2. The summed E-state index contributed by atoms with van der Waals surface area (Å²) >= 11 is 0. The highest BCUT2D eigenvalue weighted by atomic mass is 16.8. The summed E-state index contributed by atoms with van der Waals surface area (Å²) in [5.41, 5.74) is 0. The number of unbranched alkanes of at least 4 members (excludes halogenated alkanes) is 39. The highest BCUT2D eigenvalue weighted by Gasteiger charge is 2.53. The van der Waals surface area contributed by atoms with Crippen molar-refractivity contribution in [3.05, 3.63) is 48.6 Å². The second-order valence-electron chi connectivity index (χ2n) is 27.5. The maximum Gasteiger partial charge on any atom is 0.220 e. The average molecular weight is 1350 g/mol. The maximum atomic E-state index is 13.3. The second-order valence-corrected chi connectivity index (χ2v) is 27.5. The average Bonchev–Trinajstić information content (AvgIpc) is 0.795. The van der Waals surface area contributed by atoms with Crippen LogP contribution in [-0.2, 0) is 33.2 Å². The van der Waals surface area contributed by atoms with Gasteiger partial charge in [-0.25, -0.2) is 0 Å². The van der Waals surface area contributed by atoms with Crippen LogP contribution in [0.15, 0.2) is 48.6 Å². The van der Waals surface area contributed by atoms with Gasteiger partial charge in [0, 0.05) is 6.42 Å². The minimum absolute atomic E-state index is 0.234. The molecule has 12 N–H and O–H groups in total. The van der Waals surface area contributed by atoms with E-state index in [1.165, 1.54) is 225 Å². The highest BCUT2D eigenvalue weighted by molar-refractivity contribution is 5.76. The van der Waals surface area contributed by atoms with Crippen LogP contribution in [0.1, 0.15) is 296 Å². The molecule has 3 rings (SSSR count). The van der Waals surface area contributed by atoms with E-state index in [0.29, 0.717) is 12.8 Å². The van der Waals surface area contributed by atoms with Gasteiger partial charge in [-0.3, -0.25) is 4.79 Å². The number of aliphatic hydroxyl groups excluding tert-OH is 11. The van der Waals surface area contributed by atoms with Crippen LogP contribution in [0, 0.1) is 0 Å². The van der Waals surface area contributed by atoms with Crippen molar-refractivity contribution in [3.8, 4) is 0 Å². The third-order valence-corrected chi connectivity index (χ3v) is 19.2. The van der Waals surface area contributed by atoms with Crippen LogP contribution in [0.5, 0.6) is 0 Å². The molecule has 3 aliphatic rings. The van der Waals surface area contributed by atoms with E-state index in [-0.39, 0.29) is 18.9 Å². The number of hydrogen-bond donors (Lipinski definition) is 12. The summed E-state index contributed by atoms with van der Waals surface area (Å²) < 4.78 is 34.2. The number of allylic oxidation sites excluding steroid dienone is 7. The lowest BCUT2D eigenvalue weighted by Gasteiger charge is -2.48. The molecule has 1 amide bonds. The molecule has 0 bridgehead atoms. The van der Waals surface area contributed by atoms with Crippen molar-refractivity contribution in [1.29, 1.82) is 0 Å². The number of carbonyl (C=O) groups excluding carboxylic acids is 1. The van der Waals surface area contributed by atoms with Crippen LogP contribution in [0.3, 0.4) is 0 Å². The molecule has 0 radical (unpaired) electrons. The summed E-state index contributed by atoms with van der Waals surface area (Å²) in [5.74, 6) is -0.289. The Morgan fingerprint density at radius 2 is 0.716 bits per heavy atom. The van der Waals surface area contributed by atoms with Crippen molar-refractivity contribution in [2.75, 3.05) is 26.4 Å². The Morgan fingerprint density at radius 3 is 1.12 bits per heavy atom. The van der Waals surface area contributed by atoms with Crippen LogP contribution in [0.2, 0.25) is 0 Å². The number of aliphatic hydroxyl groups is 11. The molecule has 0 aromatic rings. The van der Waals surface area contributed by atoms with Gasteiger partial charge in [0.2, 0.25) is 5.91 Å². The SMILES string of the molecule is C/C=C/CC/C=C/CC/C=C/C(O)C(COC1OC(CO)C(OC2OC(CO)C(OC3OC(CO)C(O)C(O)C3O)C(O)C2O)C(O)C1O)NC(=O)CCCCCCCCCCCCCCCCCCCCCCCCCCCCCCC/C=C\CCCCCCCCCC. The fourth-order valence-electron chi connectivity index (χ4n) is 13.0. The monoisotopic (exact) mass is 1350 g/mol. The van der Waals surface area contributed by atoms with E-state index >= 15 is 0 Å². The normalized spacial score (nSPS) is 27.4. The van der Waals surface area contributed by atoms with Gasteiger partial charge in [-0.2, -0.15) is 0 Å². The molecule has 0 aliphatic carbocycles. The lowest BCUT2D eigenvalue weighted by atomic mass is 9.96. The Kier molecular flexibility index (Phi) is 52.5. The van der Waals surface area contributed by atoms with Gasteiger partial charge in [0.1, 0.15) is 73.2 Å². The van der Waals surface area contributed by atoms with E-state index in [1.807, 2.05) is 19.1 Å². The van der Waals surface area contributed by atoms with Crippen LogP contribution < -0.4 is 5.32 Å². The summed E-state index contributed by atoms with van der Waals surface area (Å²) in [4.78, 5) is 13.3. The first-order valence-corrected chi connectivity index (χ1v) is 38.4. The summed E-state index contributed by atoms with van der Waals surface area (Å²) in [7, 11) is 0. The largest absolute Gasteiger partial charge is 0.394 e. The molecule has 3 heterocycles. The number of carbonyl (C=O) groups is 1. The zero-order chi connectivity index (χ0) is 68.9. The smallest absolute Gasteiger partial charge is 0.220 e. The van der Waals surface area contributed by atoms with E-state index in [0.717, 1.165) is 38.5 Å². The molecule has 556 valence electrons. The molecule has 19 nitrogen and oxygen atoms in total. The molecule has 17 atom stereocenters. The first-order valence-electron chi connectivity index (χ1n) is 38.4. The van der Waals surface area contributed by atoms with E-state index in [2.05, 4.69) is 42.6 Å². The fourth-order valence-corrected chi connectivity index (χ4v) is 13.0. The maximum absolute atomic E-state index is 13.3. The minimum atomic E-state index is -1.98. The lowest BCUT2D eigenvalue weighted by molar-refractivity contribution is -0.379. The first kappa shape index (κ1) is 87.0. The number of rotatable bonds is 60. The van der Waals surface area contributed by atoms with Gasteiger partial charge in [-0.15, -0.1) is 0 Å². The molecule has 0 aromatic heterocycles. The van der Waals surface area contributed by atoms with Crippen LogP contribution in [0.4, 0.5) is 0 Å². The molecule has 19 heteroatoms. The number of nitrogens with one attached hydrogen (secondary N) is 1. The van der Waals surface area contributed by atoms with Gasteiger partial charge >= 0.3 is 0 Å². The van der Waals surface area contributed by atoms with Crippen molar-refractivity contribution in [2.24, 2.45) is 0 Å². The van der Waals surface area contributed by atoms with Gasteiger partial charge in [0.05, 0.1) is 38.6 Å². The molecule has 0 aromatic carbocycles. The molecule has 95 heavy (non-hydrogen) atoms. The molecule has 17 unspecified atom stereocenters. The van der Waals surface area contributed by atoms with Gasteiger partial charge in [0.25, 0.3) is 0 Å². The first-order chi connectivity index (χ1) is 46.3. The molecule has 3 aliphatic heterocycles. The van der Waals surface area contributed by atoms with Gasteiger partial charge in [-0.1, -0.05) is 274 Å². The van der Waals surface area contributed by atoms with E-state index < -0.39 is 124 Å². The lowest BCUT2D eigenvalue weighted by Crippen LogP contribution is -2.66. The van der Waals surface area contributed by atoms with Gasteiger partial charge in [-0.05, 0) is 64.7 Å². The van der Waals surface area contributed by atoms with Crippen molar-refractivity contribution in [2.45, 2.75) is 401 Å². The van der Waals surface area contributed by atoms with Crippen molar-refractivity contribution in [1.82, 2.24) is 5.32 Å². The summed E-state index contributed by atoms with van der Waals surface area (Å²) in [6.45, 7) is 1.47. The van der Waals surface area contributed by atoms with Crippen molar-refractivity contribution < 1.29 is 89.4 Å². The molecule has 0 spiro atoms. The summed E-state index contributed by atoms with van der Waals surface area (Å²) in [6, 6.07) is -0.993. The van der Waals surface area contributed by atoms with Crippen LogP contribution in [-0.4, -0.2) is 193 Å². The Morgan fingerprint density at radius 1 is 0.389 bits per heavy atom. The fraction of sp³-hybridized carbons (Fsp3) is 0.882. The van der Waals surface area contributed by atoms with E-state index in [4.69, 9.17) is 28.4 Å². The molecule has 3 saturated heterocycles. The Bertz CT molecular complexity index is 1910. The predicted molar refractivity (Wildman–Crippen MR) is 374 cm³/mol. The number of hydrogen-bond acceptors (Lipinski definition) is 18. The topological polar surface area (TPSA) is 307 Å². The number of amides is 1. The quantitative estimate of drug-likeness (QED) is 0.0199. The third kappa shape index (κ3) is 38.4. The van der Waals surface area contributed by atoms with Crippen molar-refractivity contribution >= 4 is 5.91 Å². The Hall–Kier alpha value is -2.25. The number of ether oxygens (including phenoxy) is 6. The minimum Gasteiger partial charge on any atom is -0.394 e. The molecule has 3 fully saturated rings. The summed E-state index contributed by atoms with van der Waals surface area (Å²) in [5, 5.41) is 120. The molecular formula is C76H139NO18. The van der Waals surface area contributed by atoms with Gasteiger partial charge in [0.15, 0.2) is 18.9 Å². The predicted octanol–water partition coefficient (Wildman–Crippen LogP) is 11.7. The third-order valence-electron chi connectivity index (χ3n) is 19.2. The van der Waals surface area contributed by atoms with Gasteiger partial charge < -0.3 is 89.9 Å². The van der Waals surface area contributed by atoms with Crippen LogP contribution in [0.25, 0.3) is 0 Å². The van der Waals surface area contributed by atoms with E-state index in [1.54, 1.807) is 6.08 Å². The van der Waals surface area contributed by atoms with Crippen LogP contribution >= 0.6 is 0 Å². The zero-order valence-corrected chi connectivity index (χ0v) is 59.2.